The average Bonchev–Trinajstić information content (AvgIpc) is 3.11. The van der Waals surface area contributed by atoms with Crippen LogP contribution in [0.2, 0.25) is 0 Å². The van der Waals surface area contributed by atoms with E-state index in [9.17, 15) is 15.3 Å². The lowest BCUT2D eigenvalue weighted by molar-refractivity contribution is 0.0626. The molecule has 0 aliphatic carbocycles. The van der Waals surface area contributed by atoms with E-state index in [1.54, 1.807) is 0 Å². The van der Waals surface area contributed by atoms with Crippen LogP contribution in [0.25, 0.3) is 0 Å². The topological polar surface area (TPSA) is 97.6 Å². The van der Waals surface area contributed by atoms with Crippen molar-refractivity contribution in [3.63, 3.8) is 0 Å². The molecule has 0 heterocycles. The zero-order valence-corrected chi connectivity index (χ0v) is 29.2. The van der Waals surface area contributed by atoms with Crippen LogP contribution >= 0.6 is 0 Å². The molecule has 4 aromatic carbocycles. The van der Waals surface area contributed by atoms with Crippen molar-refractivity contribution in [3.8, 4) is 23.0 Å². The number of ether oxygens (including phenoxy) is 4. The van der Waals surface area contributed by atoms with Crippen LogP contribution < -0.4 is 18.9 Å². The van der Waals surface area contributed by atoms with Crippen LogP contribution in [-0.2, 0) is 10.8 Å². The van der Waals surface area contributed by atoms with Crippen molar-refractivity contribution in [2.24, 2.45) is 11.8 Å². The van der Waals surface area contributed by atoms with E-state index in [4.69, 9.17) is 18.9 Å². The van der Waals surface area contributed by atoms with E-state index in [1.807, 2.05) is 62.4 Å². The summed E-state index contributed by atoms with van der Waals surface area (Å²) in [4.78, 5) is 0. The van der Waals surface area contributed by atoms with Crippen LogP contribution in [0.1, 0.15) is 63.8 Å². The van der Waals surface area contributed by atoms with Crippen molar-refractivity contribution >= 4 is 0 Å². The summed E-state index contributed by atoms with van der Waals surface area (Å²) in [6.45, 7) is 14.0. The molecule has 2 atom stereocenters. The van der Waals surface area contributed by atoms with Gasteiger partial charge in [-0.3, -0.25) is 0 Å². The van der Waals surface area contributed by atoms with Gasteiger partial charge >= 0.3 is 0 Å². The van der Waals surface area contributed by atoms with E-state index in [0.29, 0.717) is 24.7 Å². The van der Waals surface area contributed by atoms with Gasteiger partial charge < -0.3 is 34.3 Å². The first-order valence-electron chi connectivity index (χ1n) is 16.8. The van der Waals surface area contributed by atoms with Gasteiger partial charge in [0.15, 0.2) is 0 Å². The highest BCUT2D eigenvalue weighted by atomic mass is 16.5. The van der Waals surface area contributed by atoms with Crippen molar-refractivity contribution in [2.45, 2.75) is 58.5 Å². The highest BCUT2D eigenvalue weighted by molar-refractivity contribution is 5.43. The summed E-state index contributed by atoms with van der Waals surface area (Å²) in [6.07, 6.45) is -0.792. The van der Waals surface area contributed by atoms with E-state index in [2.05, 4.69) is 76.2 Å². The maximum absolute atomic E-state index is 10.6. The zero-order valence-electron chi connectivity index (χ0n) is 29.2. The Hall–Kier alpha value is -4.04. The number of aliphatic hydroxyl groups is 3. The molecular weight excluding hydrogens is 604 g/mol. The van der Waals surface area contributed by atoms with Crippen LogP contribution in [-0.4, -0.2) is 61.1 Å². The Kier molecular flexibility index (Phi) is 12.9. The molecule has 0 spiro atoms. The number of hydrogen-bond acceptors (Lipinski definition) is 7. The van der Waals surface area contributed by atoms with Crippen molar-refractivity contribution in [2.75, 3.05) is 39.6 Å². The summed E-state index contributed by atoms with van der Waals surface area (Å²) in [5, 5.41) is 29.0. The Bertz CT molecular complexity index is 1390. The second-order valence-electron chi connectivity index (χ2n) is 13.8. The highest BCUT2D eigenvalue weighted by Gasteiger charge is 2.24. The number of aliphatic hydroxyl groups excluding tert-OH is 3. The minimum atomic E-state index is -0.792. The van der Waals surface area contributed by atoms with Gasteiger partial charge in [0.2, 0.25) is 0 Å². The Morgan fingerprint density at radius 1 is 0.438 bits per heavy atom. The van der Waals surface area contributed by atoms with Gasteiger partial charge in [-0.2, -0.15) is 0 Å². The number of benzene rings is 4. The first-order valence-corrected chi connectivity index (χ1v) is 16.8. The third-order valence-corrected chi connectivity index (χ3v) is 8.88. The third kappa shape index (κ3) is 9.99. The lowest BCUT2D eigenvalue weighted by Gasteiger charge is -2.27. The Morgan fingerprint density at radius 3 is 0.896 bits per heavy atom. The van der Waals surface area contributed by atoms with Gasteiger partial charge in [0.1, 0.15) is 42.3 Å². The largest absolute Gasteiger partial charge is 0.493 e. The molecule has 3 N–H and O–H groups in total. The molecule has 0 aliphatic rings. The first-order chi connectivity index (χ1) is 22.9. The van der Waals surface area contributed by atoms with E-state index in [1.165, 1.54) is 0 Å². The van der Waals surface area contributed by atoms with E-state index in [0.717, 1.165) is 33.8 Å². The summed E-state index contributed by atoms with van der Waals surface area (Å²) < 4.78 is 23.3. The van der Waals surface area contributed by atoms with E-state index >= 15 is 0 Å². The first kappa shape index (κ1) is 36.8. The van der Waals surface area contributed by atoms with Crippen LogP contribution in [0.15, 0.2) is 97.1 Å². The molecule has 48 heavy (non-hydrogen) atoms. The summed E-state index contributed by atoms with van der Waals surface area (Å²) in [7, 11) is 0. The monoisotopic (exact) mass is 656 g/mol. The Morgan fingerprint density at radius 2 is 0.667 bits per heavy atom. The molecule has 0 amide bonds. The van der Waals surface area contributed by atoms with Crippen molar-refractivity contribution < 1.29 is 34.3 Å². The summed E-state index contributed by atoms with van der Waals surface area (Å²) in [5.41, 5.74) is 4.14. The predicted octanol–water partition coefficient (Wildman–Crippen LogP) is 7.17. The molecular formula is C41H52O7. The van der Waals surface area contributed by atoms with Gasteiger partial charge in [0, 0.05) is 35.9 Å². The Balaban J connectivity index is 1.24. The average molecular weight is 657 g/mol. The summed E-state index contributed by atoms with van der Waals surface area (Å²) >= 11 is 0. The smallest absolute Gasteiger partial charge is 0.122 e. The third-order valence-electron chi connectivity index (χ3n) is 8.88. The van der Waals surface area contributed by atoms with Gasteiger partial charge in [0.25, 0.3) is 0 Å². The van der Waals surface area contributed by atoms with Crippen LogP contribution in [0, 0.1) is 11.8 Å². The molecule has 0 saturated heterocycles. The lowest BCUT2D eigenvalue weighted by atomic mass is 9.78. The maximum Gasteiger partial charge on any atom is 0.122 e. The number of hydrogen-bond donors (Lipinski definition) is 3. The second kappa shape index (κ2) is 16.9. The molecule has 0 bridgehead atoms. The molecule has 4 aromatic rings. The molecule has 0 saturated carbocycles. The lowest BCUT2D eigenvalue weighted by Crippen LogP contribution is -2.25. The van der Waals surface area contributed by atoms with Gasteiger partial charge in [0.05, 0.1) is 13.2 Å². The molecule has 0 radical (unpaired) electrons. The number of rotatable bonds is 18. The minimum Gasteiger partial charge on any atom is -0.493 e. The highest BCUT2D eigenvalue weighted by Crippen LogP contribution is 2.35. The standard InChI is InChI=1S/C41H52O7/c1-29(23-42)25-45-36-15-7-31(8-16-36)40(3,4)33-11-19-38(20-12-33)47-27-35(44)28-48-39-21-13-34(14-22-39)41(5,6)32-9-17-37(18-10-32)46-26-30(2)24-43/h7-22,29-30,35,42-44H,23-28H2,1-6H3. The maximum atomic E-state index is 10.6. The normalized spacial score (nSPS) is 13.8. The molecule has 258 valence electrons. The molecule has 0 aromatic heterocycles. The van der Waals surface area contributed by atoms with E-state index in [-0.39, 0.29) is 49.1 Å². The van der Waals surface area contributed by atoms with Gasteiger partial charge in [-0.05, 0) is 70.8 Å². The fourth-order valence-corrected chi connectivity index (χ4v) is 5.22. The van der Waals surface area contributed by atoms with Gasteiger partial charge in [-0.1, -0.05) is 90.1 Å². The summed E-state index contributed by atoms with van der Waals surface area (Å²) in [6, 6.07) is 32.1. The quantitative estimate of drug-likeness (QED) is 0.104. The van der Waals surface area contributed by atoms with Gasteiger partial charge in [-0.25, -0.2) is 0 Å². The molecule has 7 heteroatoms. The van der Waals surface area contributed by atoms with Crippen molar-refractivity contribution in [1.82, 2.24) is 0 Å². The van der Waals surface area contributed by atoms with Crippen LogP contribution in [0.3, 0.4) is 0 Å². The predicted molar refractivity (Wildman–Crippen MR) is 191 cm³/mol. The zero-order chi connectivity index (χ0) is 34.7. The second-order valence-corrected chi connectivity index (χ2v) is 13.8. The Labute approximate surface area is 286 Å². The van der Waals surface area contributed by atoms with Crippen molar-refractivity contribution in [3.05, 3.63) is 119 Å². The molecule has 7 nitrogen and oxygen atoms in total. The molecule has 4 rings (SSSR count). The molecule has 0 fully saturated rings. The van der Waals surface area contributed by atoms with Crippen LogP contribution in [0.5, 0.6) is 23.0 Å². The summed E-state index contributed by atoms with van der Waals surface area (Å²) in [5.74, 6) is 3.13. The van der Waals surface area contributed by atoms with Crippen LogP contribution in [0.4, 0.5) is 0 Å². The molecule has 0 aliphatic heterocycles. The SMILES string of the molecule is CC(CO)COc1ccc(C(C)(C)c2ccc(OCC(O)COc3ccc(C(C)(C)c4ccc(OCC(C)CO)cc4)cc3)cc2)cc1. The minimum absolute atomic E-state index is 0.0944. The van der Waals surface area contributed by atoms with Gasteiger partial charge in [-0.15, -0.1) is 0 Å². The van der Waals surface area contributed by atoms with Crippen molar-refractivity contribution in [1.29, 1.82) is 0 Å². The molecule has 2 unspecified atom stereocenters. The fraction of sp³-hybridized carbons (Fsp3) is 0.415. The van der Waals surface area contributed by atoms with E-state index < -0.39 is 6.10 Å². The fourth-order valence-electron chi connectivity index (χ4n) is 5.22.